The van der Waals surface area contributed by atoms with Crippen molar-refractivity contribution >= 4 is 17.6 Å². The summed E-state index contributed by atoms with van der Waals surface area (Å²) in [5.74, 6) is -0.171. The fourth-order valence-electron chi connectivity index (χ4n) is 4.15. The Morgan fingerprint density at radius 3 is 2.59 bits per heavy atom. The van der Waals surface area contributed by atoms with Crippen molar-refractivity contribution in [3.63, 3.8) is 0 Å². The highest BCUT2D eigenvalue weighted by molar-refractivity contribution is 5.94. The zero-order valence-electron chi connectivity index (χ0n) is 16.8. The first-order valence-electron chi connectivity index (χ1n) is 10.1. The van der Waals surface area contributed by atoms with E-state index in [9.17, 15) is 14.0 Å². The molecule has 1 fully saturated rings. The minimum Gasteiger partial charge on any atom is -0.336 e. The van der Waals surface area contributed by atoms with Crippen LogP contribution >= 0.6 is 0 Å². The third-order valence-electron chi connectivity index (χ3n) is 6.00. The molecule has 2 aromatic carbocycles. The van der Waals surface area contributed by atoms with Crippen molar-refractivity contribution in [1.29, 1.82) is 0 Å². The number of nitrogens with zero attached hydrogens (tertiary/aromatic N) is 2. The van der Waals surface area contributed by atoms with Gasteiger partial charge in [-0.2, -0.15) is 0 Å². The molecule has 1 saturated heterocycles. The molecule has 2 atom stereocenters. The smallest absolute Gasteiger partial charge is 0.322 e. The third-order valence-corrected chi connectivity index (χ3v) is 6.00. The Bertz CT molecular complexity index is 945. The summed E-state index contributed by atoms with van der Waals surface area (Å²) in [5, 5.41) is 2.83. The number of fused-ring (bicyclic) bond motifs is 1. The Kier molecular flexibility index (Phi) is 5.26. The lowest BCUT2D eigenvalue weighted by Gasteiger charge is -2.33. The molecule has 0 bridgehead atoms. The largest absolute Gasteiger partial charge is 0.336 e. The van der Waals surface area contributed by atoms with Gasteiger partial charge in [0, 0.05) is 25.2 Å². The highest BCUT2D eigenvalue weighted by Gasteiger charge is 2.42. The Balaban J connectivity index is 1.48. The molecule has 0 saturated carbocycles. The van der Waals surface area contributed by atoms with Crippen LogP contribution in [0.5, 0.6) is 0 Å². The lowest BCUT2D eigenvalue weighted by molar-refractivity contribution is -0.136. The average Bonchev–Trinajstić information content (AvgIpc) is 3.11. The number of benzene rings is 2. The maximum absolute atomic E-state index is 14.2. The monoisotopic (exact) mass is 395 g/mol. The van der Waals surface area contributed by atoms with Crippen LogP contribution in [0.1, 0.15) is 28.7 Å². The second-order valence-corrected chi connectivity index (χ2v) is 8.01. The summed E-state index contributed by atoms with van der Waals surface area (Å²) in [4.78, 5) is 29.1. The molecule has 29 heavy (non-hydrogen) atoms. The van der Waals surface area contributed by atoms with Crippen molar-refractivity contribution in [1.82, 2.24) is 9.80 Å². The number of urea groups is 1. The van der Waals surface area contributed by atoms with E-state index in [2.05, 4.69) is 11.4 Å². The SMILES string of the molecule is Cc1ccc(NC(=O)N2C[C@@H](F)C[C@H]2C(=O)N2CCc3ccccc3C2)cc1C. The van der Waals surface area contributed by atoms with E-state index in [0.29, 0.717) is 18.8 Å². The van der Waals surface area contributed by atoms with Gasteiger partial charge in [0.2, 0.25) is 5.91 Å². The van der Waals surface area contributed by atoms with Gasteiger partial charge in [-0.25, -0.2) is 9.18 Å². The van der Waals surface area contributed by atoms with Crippen LogP contribution in [0.2, 0.25) is 0 Å². The minimum atomic E-state index is -1.19. The zero-order valence-corrected chi connectivity index (χ0v) is 16.8. The van der Waals surface area contributed by atoms with Gasteiger partial charge in [0.1, 0.15) is 12.2 Å². The number of nitrogens with one attached hydrogen (secondary N) is 1. The van der Waals surface area contributed by atoms with Crippen molar-refractivity contribution in [3.8, 4) is 0 Å². The lowest BCUT2D eigenvalue weighted by atomic mass is 9.99. The van der Waals surface area contributed by atoms with Crippen LogP contribution < -0.4 is 5.32 Å². The number of anilines is 1. The molecule has 0 spiro atoms. The summed E-state index contributed by atoms with van der Waals surface area (Å²) in [6.45, 7) is 5.02. The second-order valence-electron chi connectivity index (χ2n) is 8.01. The number of halogens is 1. The van der Waals surface area contributed by atoms with E-state index >= 15 is 0 Å². The van der Waals surface area contributed by atoms with Crippen LogP contribution in [0.25, 0.3) is 0 Å². The molecule has 3 amide bonds. The molecule has 152 valence electrons. The first-order valence-corrected chi connectivity index (χ1v) is 10.1. The Labute approximate surface area is 170 Å². The predicted octanol–water partition coefficient (Wildman–Crippen LogP) is 3.83. The fourth-order valence-corrected chi connectivity index (χ4v) is 4.15. The van der Waals surface area contributed by atoms with Crippen LogP contribution in [0, 0.1) is 13.8 Å². The quantitative estimate of drug-likeness (QED) is 0.840. The molecular weight excluding hydrogens is 369 g/mol. The molecule has 0 unspecified atom stereocenters. The summed E-state index contributed by atoms with van der Waals surface area (Å²) in [6, 6.07) is 12.5. The number of likely N-dealkylation sites (tertiary alicyclic amines) is 1. The van der Waals surface area contributed by atoms with Gasteiger partial charge in [-0.05, 0) is 54.7 Å². The number of rotatable bonds is 2. The van der Waals surface area contributed by atoms with Gasteiger partial charge in [0.05, 0.1) is 6.54 Å². The molecule has 0 radical (unpaired) electrons. The van der Waals surface area contributed by atoms with E-state index < -0.39 is 18.2 Å². The predicted molar refractivity (Wildman–Crippen MR) is 111 cm³/mol. The number of aryl methyl sites for hydroxylation is 2. The summed E-state index contributed by atoms with van der Waals surface area (Å²) < 4.78 is 14.2. The number of hydrogen-bond acceptors (Lipinski definition) is 2. The van der Waals surface area contributed by atoms with Gasteiger partial charge in [-0.15, -0.1) is 0 Å². The minimum absolute atomic E-state index is 0.0529. The van der Waals surface area contributed by atoms with Gasteiger partial charge in [-0.3, -0.25) is 4.79 Å². The number of amides is 3. The number of carbonyl (C=O) groups is 2. The Morgan fingerprint density at radius 1 is 1.07 bits per heavy atom. The van der Waals surface area contributed by atoms with E-state index in [0.717, 1.165) is 23.1 Å². The van der Waals surface area contributed by atoms with Crippen molar-refractivity contribution in [2.24, 2.45) is 0 Å². The molecule has 1 N–H and O–H groups in total. The Hall–Kier alpha value is -2.89. The van der Waals surface area contributed by atoms with Crippen molar-refractivity contribution in [2.75, 3.05) is 18.4 Å². The average molecular weight is 395 g/mol. The van der Waals surface area contributed by atoms with Crippen LogP contribution in [0.15, 0.2) is 42.5 Å². The summed E-state index contributed by atoms with van der Waals surface area (Å²) in [6.07, 6.45) is -0.355. The Morgan fingerprint density at radius 2 is 1.83 bits per heavy atom. The van der Waals surface area contributed by atoms with E-state index in [1.54, 1.807) is 4.90 Å². The van der Waals surface area contributed by atoms with Crippen LogP contribution in [0.3, 0.4) is 0 Å². The van der Waals surface area contributed by atoms with Crippen LogP contribution in [-0.4, -0.2) is 47.0 Å². The van der Waals surface area contributed by atoms with Crippen LogP contribution in [-0.2, 0) is 17.8 Å². The third kappa shape index (κ3) is 3.97. The van der Waals surface area contributed by atoms with Crippen molar-refractivity contribution in [2.45, 2.75) is 45.4 Å². The zero-order chi connectivity index (χ0) is 20.5. The van der Waals surface area contributed by atoms with Crippen molar-refractivity contribution < 1.29 is 14.0 Å². The summed E-state index contributed by atoms with van der Waals surface area (Å²) in [5.41, 5.74) is 5.21. The van der Waals surface area contributed by atoms with Crippen molar-refractivity contribution in [3.05, 3.63) is 64.7 Å². The van der Waals surface area contributed by atoms with Gasteiger partial charge in [0.15, 0.2) is 0 Å². The molecule has 2 aromatic rings. The molecule has 0 aromatic heterocycles. The highest BCUT2D eigenvalue weighted by atomic mass is 19.1. The maximum atomic E-state index is 14.2. The molecule has 0 aliphatic carbocycles. The maximum Gasteiger partial charge on any atom is 0.322 e. The molecule has 6 heteroatoms. The number of hydrogen-bond donors (Lipinski definition) is 1. The van der Waals surface area contributed by atoms with Gasteiger partial charge >= 0.3 is 6.03 Å². The molecule has 4 rings (SSSR count). The summed E-state index contributed by atoms with van der Waals surface area (Å²) >= 11 is 0. The highest BCUT2D eigenvalue weighted by Crippen LogP contribution is 2.26. The second kappa shape index (κ2) is 7.85. The lowest BCUT2D eigenvalue weighted by Crippen LogP contribution is -2.50. The standard InChI is InChI=1S/C23H26FN3O2/c1-15-7-8-20(11-16(15)2)25-23(29)27-14-19(24)12-21(27)22(28)26-10-9-17-5-3-4-6-18(17)13-26/h3-8,11,19,21H,9-10,12-14H2,1-2H3,(H,25,29)/t19-,21-/m0/s1. The molecule has 2 aliphatic heterocycles. The normalized spacial score (nSPS) is 21.1. The van der Waals surface area contributed by atoms with E-state index in [1.807, 2.05) is 50.2 Å². The molecule has 2 aliphatic rings. The van der Waals surface area contributed by atoms with Gasteiger partial charge in [-0.1, -0.05) is 30.3 Å². The van der Waals surface area contributed by atoms with E-state index in [1.165, 1.54) is 10.5 Å². The summed E-state index contributed by atoms with van der Waals surface area (Å²) in [7, 11) is 0. The number of alkyl halides is 1. The van der Waals surface area contributed by atoms with Gasteiger partial charge in [0.25, 0.3) is 0 Å². The van der Waals surface area contributed by atoms with Crippen LogP contribution in [0.4, 0.5) is 14.9 Å². The van der Waals surface area contributed by atoms with Gasteiger partial charge < -0.3 is 15.1 Å². The van der Waals surface area contributed by atoms with E-state index in [4.69, 9.17) is 0 Å². The first kappa shape index (κ1) is 19.4. The van der Waals surface area contributed by atoms with E-state index in [-0.39, 0.29) is 18.9 Å². The molecule has 5 nitrogen and oxygen atoms in total. The number of carbonyl (C=O) groups excluding carboxylic acids is 2. The molecular formula is C23H26FN3O2. The first-order chi connectivity index (χ1) is 13.9. The fraction of sp³-hybridized carbons (Fsp3) is 0.391. The molecule has 2 heterocycles. The topological polar surface area (TPSA) is 52.7 Å².